The van der Waals surface area contributed by atoms with Crippen LogP contribution in [0.4, 0.5) is 5.13 Å². The summed E-state index contributed by atoms with van der Waals surface area (Å²) < 4.78 is 5.24. The highest BCUT2D eigenvalue weighted by atomic mass is 35.5. The minimum Gasteiger partial charge on any atom is -0.374 e. The van der Waals surface area contributed by atoms with Crippen LogP contribution in [0.25, 0.3) is 0 Å². The molecule has 0 unspecified atom stereocenters. The van der Waals surface area contributed by atoms with Gasteiger partial charge in [-0.2, -0.15) is 0 Å². The Morgan fingerprint density at radius 3 is 2.86 bits per heavy atom. The van der Waals surface area contributed by atoms with Gasteiger partial charge in [-0.3, -0.25) is 4.79 Å². The maximum absolute atomic E-state index is 11.8. The molecule has 8 heteroatoms. The average Bonchev–Trinajstić information content (AvgIpc) is 2.94. The number of hydrogen-bond acceptors (Lipinski definition) is 6. The molecular weight excluding hydrogens is 342 g/mol. The van der Waals surface area contributed by atoms with E-state index in [1.807, 2.05) is 31.2 Å². The SMILES string of the molecule is CCOCc1nnc(NC(=O)CCSc2ccc(Cl)cc2)s1. The molecule has 1 amide bonds. The number of anilines is 1. The molecule has 0 aliphatic rings. The molecule has 0 saturated heterocycles. The average molecular weight is 358 g/mol. The second-order valence-electron chi connectivity index (χ2n) is 4.24. The van der Waals surface area contributed by atoms with Crippen molar-refractivity contribution in [3.8, 4) is 0 Å². The zero-order valence-electron chi connectivity index (χ0n) is 12.0. The molecule has 0 spiro atoms. The molecule has 0 aliphatic heterocycles. The normalized spacial score (nSPS) is 10.6. The summed E-state index contributed by atoms with van der Waals surface area (Å²) in [6, 6.07) is 7.56. The molecule has 1 heterocycles. The van der Waals surface area contributed by atoms with Gasteiger partial charge in [0.1, 0.15) is 11.6 Å². The van der Waals surface area contributed by atoms with Gasteiger partial charge >= 0.3 is 0 Å². The fraction of sp³-hybridized carbons (Fsp3) is 0.357. The van der Waals surface area contributed by atoms with Crippen LogP contribution in [-0.2, 0) is 16.1 Å². The number of benzene rings is 1. The van der Waals surface area contributed by atoms with Gasteiger partial charge < -0.3 is 10.1 Å². The molecular formula is C14H16ClN3O2S2. The molecule has 118 valence electrons. The molecule has 1 aromatic carbocycles. The lowest BCUT2D eigenvalue weighted by Crippen LogP contribution is -2.11. The van der Waals surface area contributed by atoms with Crippen molar-refractivity contribution < 1.29 is 9.53 Å². The third-order valence-corrected chi connectivity index (χ3v) is 4.63. The largest absolute Gasteiger partial charge is 0.374 e. The van der Waals surface area contributed by atoms with Gasteiger partial charge in [-0.1, -0.05) is 22.9 Å². The van der Waals surface area contributed by atoms with E-state index in [2.05, 4.69) is 15.5 Å². The number of rotatable bonds is 8. The number of ether oxygens (including phenoxy) is 1. The molecule has 0 radical (unpaired) electrons. The molecule has 0 bridgehead atoms. The highest BCUT2D eigenvalue weighted by Gasteiger charge is 2.08. The monoisotopic (exact) mass is 357 g/mol. The summed E-state index contributed by atoms with van der Waals surface area (Å²) in [5.74, 6) is 0.624. The molecule has 1 N–H and O–H groups in total. The molecule has 2 aromatic rings. The lowest BCUT2D eigenvalue weighted by molar-refractivity contribution is -0.115. The molecule has 2 rings (SSSR count). The van der Waals surface area contributed by atoms with Crippen LogP contribution in [0.5, 0.6) is 0 Å². The van der Waals surface area contributed by atoms with Crippen LogP contribution in [0, 0.1) is 0 Å². The summed E-state index contributed by atoms with van der Waals surface area (Å²) in [4.78, 5) is 12.9. The van der Waals surface area contributed by atoms with Gasteiger partial charge in [-0.05, 0) is 31.2 Å². The van der Waals surface area contributed by atoms with E-state index in [9.17, 15) is 4.79 Å². The molecule has 1 aromatic heterocycles. The van der Waals surface area contributed by atoms with Gasteiger partial charge in [0, 0.05) is 28.7 Å². The van der Waals surface area contributed by atoms with Crippen LogP contribution in [-0.4, -0.2) is 28.5 Å². The third kappa shape index (κ3) is 5.92. The van der Waals surface area contributed by atoms with E-state index in [0.29, 0.717) is 35.5 Å². The van der Waals surface area contributed by atoms with Crippen molar-refractivity contribution in [3.05, 3.63) is 34.3 Å². The van der Waals surface area contributed by atoms with Crippen LogP contribution in [0.1, 0.15) is 18.4 Å². The first-order valence-electron chi connectivity index (χ1n) is 6.75. The Morgan fingerprint density at radius 1 is 1.36 bits per heavy atom. The van der Waals surface area contributed by atoms with Crippen LogP contribution < -0.4 is 5.32 Å². The lowest BCUT2D eigenvalue weighted by Gasteiger charge is -2.02. The highest BCUT2D eigenvalue weighted by molar-refractivity contribution is 7.99. The van der Waals surface area contributed by atoms with E-state index in [4.69, 9.17) is 16.3 Å². The number of halogens is 1. The van der Waals surface area contributed by atoms with E-state index >= 15 is 0 Å². The number of aromatic nitrogens is 2. The van der Waals surface area contributed by atoms with E-state index in [1.165, 1.54) is 11.3 Å². The van der Waals surface area contributed by atoms with Gasteiger partial charge in [0.25, 0.3) is 0 Å². The Bertz CT molecular complexity index is 604. The van der Waals surface area contributed by atoms with E-state index in [1.54, 1.807) is 11.8 Å². The Morgan fingerprint density at radius 2 is 2.14 bits per heavy atom. The van der Waals surface area contributed by atoms with Gasteiger partial charge in [-0.25, -0.2) is 0 Å². The Labute approximate surface area is 142 Å². The molecule has 0 atom stereocenters. The zero-order chi connectivity index (χ0) is 15.8. The van der Waals surface area contributed by atoms with Crippen molar-refractivity contribution in [1.29, 1.82) is 0 Å². The van der Waals surface area contributed by atoms with Crippen LogP contribution in [0.15, 0.2) is 29.2 Å². The first-order valence-corrected chi connectivity index (χ1v) is 8.93. The molecule has 5 nitrogen and oxygen atoms in total. The third-order valence-electron chi connectivity index (χ3n) is 2.55. The van der Waals surface area contributed by atoms with E-state index in [0.717, 1.165) is 9.90 Å². The van der Waals surface area contributed by atoms with Crippen LogP contribution in [0.3, 0.4) is 0 Å². The minimum absolute atomic E-state index is 0.0689. The van der Waals surface area contributed by atoms with Crippen molar-refractivity contribution in [1.82, 2.24) is 10.2 Å². The molecule has 0 saturated carbocycles. The standard InChI is InChI=1S/C14H16ClN3O2S2/c1-2-20-9-13-17-18-14(22-13)16-12(19)7-8-21-11-5-3-10(15)4-6-11/h3-6H,2,7-9H2,1H3,(H,16,18,19). The van der Waals surface area contributed by atoms with E-state index in [-0.39, 0.29) is 5.91 Å². The maximum Gasteiger partial charge on any atom is 0.227 e. The number of nitrogens with zero attached hydrogens (tertiary/aromatic N) is 2. The number of hydrogen-bond donors (Lipinski definition) is 1. The molecule has 22 heavy (non-hydrogen) atoms. The summed E-state index contributed by atoms with van der Waals surface area (Å²) in [7, 11) is 0. The van der Waals surface area contributed by atoms with Crippen molar-refractivity contribution >= 4 is 45.7 Å². The maximum atomic E-state index is 11.8. The predicted molar refractivity (Wildman–Crippen MR) is 90.7 cm³/mol. The van der Waals surface area contributed by atoms with Crippen LogP contribution in [0.2, 0.25) is 5.02 Å². The zero-order valence-corrected chi connectivity index (χ0v) is 14.4. The highest BCUT2D eigenvalue weighted by Crippen LogP contribution is 2.21. The Kier molecular flexibility index (Phi) is 7.11. The van der Waals surface area contributed by atoms with Crippen molar-refractivity contribution in [3.63, 3.8) is 0 Å². The number of nitrogens with one attached hydrogen (secondary N) is 1. The van der Waals surface area contributed by atoms with Gasteiger partial charge in [-0.15, -0.1) is 22.0 Å². The van der Waals surface area contributed by atoms with Gasteiger partial charge in [0.15, 0.2) is 0 Å². The van der Waals surface area contributed by atoms with Crippen molar-refractivity contribution in [2.24, 2.45) is 0 Å². The van der Waals surface area contributed by atoms with Gasteiger partial charge in [0.2, 0.25) is 11.0 Å². The summed E-state index contributed by atoms with van der Waals surface area (Å²) in [6.07, 6.45) is 0.410. The summed E-state index contributed by atoms with van der Waals surface area (Å²) in [5.41, 5.74) is 0. The number of amides is 1. The summed E-state index contributed by atoms with van der Waals surface area (Å²) in [5, 5.41) is 12.6. The number of thioether (sulfide) groups is 1. The van der Waals surface area contributed by atoms with Crippen molar-refractivity contribution in [2.45, 2.75) is 24.8 Å². The quantitative estimate of drug-likeness (QED) is 0.727. The Balaban J connectivity index is 1.71. The summed E-state index contributed by atoms with van der Waals surface area (Å²) in [6.45, 7) is 2.97. The fourth-order valence-electron chi connectivity index (χ4n) is 1.53. The summed E-state index contributed by atoms with van der Waals surface area (Å²) >= 11 is 8.77. The van der Waals surface area contributed by atoms with Crippen molar-refractivity contribution in [2.75, 3.05) is 17.7 Å². The Hall–Kier alpha value is -1.15. The van der Waals surface area contributed by atoms with Gasteiger partial charge in [0.05, 0.1) is 0 Å². The second kappa shape index (κ2) is 9.09. The first-order chi connectivity index (χ1) is 10.7. The first kappa shape index (κ1) is 17.2. The number of carbonyl (C=O) groups is 1. The fourth-order valence-corrected chi connectivity index (χ4v) is 3.20. The second-order valence-corrected chi connectivity index (χ2v) is 6.91. The number of carbonyl (C=O) groups excluding carboxylic acids is 1. The minimum atomic E-state index is -0.0689. The molecule has 0 aliphatic carbocycles. The lowest BCUT2D eigenvalue weighted by atomic mass is 10.4. The smallest absolute Gasteiger partial charge is 0.227 e. The van der Waals surface area contributed by atoms with Crippen LogP contribution >= 0.6 is 34.7 Å². The van der Waals surface area contributed by atoms with E-state index < -0.39 is 0 Å². The predicted octanol–water partition coefficient (Wildman–Crippen LogP) is 3.85. The molecule has 0 fully saturated rings. The topological polar surface area (TPSA) is 64.1 Å².